The summed E-state index contributed by atoms with van der Waals surface area (Å²) in [6, 6.07) is 2.78. The normalized spacial score (nSPS) is 23.1. The third-order valence-electron chi connectivity index (χ3n) is 4.12. The van der Waals surface area contributed by atoms with Crippen molar-refractivity contribution < 1.29 is 0 Å². The SMILES string of the molecule is ClCC1(NCc2ccn(C3CCCC3)n2)CC1. The highest BCUT2D eigenvalue weighted by Gasteiger charge is 2.41. The molecule has 0 saturated heterocycles. The Labute approximate surface area is 108 Å². The first-order valence-corrected chi connectivity index (χ1v) is 7.20. The monoisotopic (exact) mass is 253 g/mol. The number of hydrogen-bond acceptors (Lipinski definition) is 2. The summed E-state index contributed by atoms with van der Waals surface area (Å²) in [5.41, 5.74) is 1.37. The van der Waals surface area contributed by atoms with E-state index >= 15 is 0 Å². The zero-order chi connectivity index (χ0) is 11.7. The molecule has 4 heteroatoms. The zero-order valence-corrected chi connectivity index (χ0v) is 10.9. The second-order valence-corrected chi connectivity index (χ2v) is 5.76. The molecular weight excluding hydrogens is 234 g/mol. The highest BCUT2D eigenvalue weighted by Crippen LogP contribution is 2.36. The van der Waals surface area contributed by atoms with Crippen molar-refractivity contribution in [1.29, 1.82) is 0 Å². The molecule has 0 atom stereocenters. The Morgan fingerprint density at radius 3 is 2.82 bits per heavy atom. The number of nitrogens with one attached hydrogen (secondary N) is 1. The standard InChI is InChI=1S/C13H20ClN3/c14-10-13(6-7-13)15-9-11-5-8-17(16-11)12-3-1-2-4-12/h5,8,12,15H,1-4,6-7,9-10H2. The first kappa shape index (κ1) is 11.5. The molecule has 1 aromatic heterocycles. The summed E-state index contributed by atoms with van der Waals surface area (Å²) in [4.78, 5) is 0. The van der Waals surface area contributed by atoms with Crippen LogP contribution in [0, 0.1) is 0 Å². The third-order valence-corrected chi connectivity index (χ3v) is 4.63. The molecule has 3 rings (SSSR count). The van der Waals surface area contributed by atoms with Crippen LogP contribution in [0.25, 0.3) is 0 Å². The molecule has 2 aliphatic rings. The van der Waals surface area contributed by atoms with Crippen molar-refractivity contribution in [2.45, 2.75) is 56.7 Å². The fourth-order valence-corrected chi connectivity index (χ4v) is 2.99. The molecule has 1 aromatic rings. The maximum absolute atomic E-state index is 5.94. The quantitative estimate of drug-likeness (QED) is 0.818. The summed E-state index contributed by atoms with van der Waals surface area (Å²) < 4.78 is 2.16. The summed E-state index contributed by atoms with van der Waals surface area (Å²) >= 11 is 5.94. The Morgan fingerprint density at radius 2 is 2.18 bits per heavy atom. The predicted octanol–water partition coefficient (Wildman–Crippen LogP) is 2.86. The number of aromatic nitrogens is 2. The number of hydrogen-bond donors (Lipinski definition) is 1. The van der Waals surface area contributed by atoms with Gasteiger partial charge in [0.1, 0.15) is 0 Å². The minimum atomic E-state index is 0.221. The molecule has 0 unspecified atom stereocenters. The van der Waals surface area contributed by atoms with Crippen LogP contribution in [-0.2, 0) is 6.54 Å². The van der Waals surface area contributed by atoms with Crippen molar-refractivity contribution in [1.82, 2.24) is 15.1 Å². The molecule has 3 nitrogen and oxygen atoms in total. The maximum Gasteiger partial charge on any atom is 0.0762 e. The molecule has 17 heavy (non-hydrogen) atoms. The van der Waals surface area contributed by atoms with Gasteiger partial charge in [0.15, 0.2) is 0 Å². The summed E-state index contributed by atoms with van der Waals surface area (Å²) in [6.07, 6.45) is 9.84. The molecule has 0 bridgehead atoms. The van der Waals surface area contributed by atoms with Crippen molar-refractivity contribution >= 4 is 11.6 Å². The van der Waals surface area contributed by atoms with E-state index in [0.29, 0.717) is 6.04 Å². The van der Waals surface area contributed by atoms with Gasteiger partial charge in [0.05, 0.1) is 11.7 Å². The summed E-state index contributed by atoms with van der Waals surface area (Å²) in [5.74, 6) is 0.719. The van der Waals surface area contributed by atoms with Crippen LogP contribution in [0.5, 0.6) is 0 Å². The second-order valence-electron chi connectivity index (χ2n) is 5.49. The van der Waals surface area contributed by atoms with E-state index < -0.39 is 0 Å². The molecule has 0 aliphatic heterocycles. The first-order valence-electron chi connectivity index (χ1n) is 6.66. The van der Waals surface area contributed by atoms with Crippen LogP contribution in [0.1, 0.15) is 50.3 Å². The van der Waals surface area contributed by atoms with Gasteiger partial charge in [0, 0.05) is 24.2 Å². The highest BCUT2D eigenvalue weighted by molar-refractivity contribution is 6.18. The zero-order valence-electron chi connectivity index (χ0n) is 10.2. The molecule has 2 saturated carbocycles. The predicted molar refractivity (Wildman–Crippen MR) is 69.3 cm³/mol. The Balaban J connectivity index is 1.57. The maximum atomic E-state index is 5.94. The minimum absolute atomic E-state index is 0.221. The Hall–Kier alpha value is -0.540. The van der Waals surface area contributed by atoms with E-state index in [0.717, 1.165) is 18.1 Å². The number of alkyl halides is 1. The first-order chi connectivity index (χ1) is 8.31. The van der Waals surface area contributed by atoms with Crippen LogP contribution in [0.15, 0.2) is 12.3 Å². The van der Waals surface area contributed by atoms with Gasteiger partial charge < -0.3 is 5.32 Å². The molecule has 0 radical (unpaired) electrons. The largest absolute Gasteiger partial charge is 0.304 e. The van der Waals surface area contributed by atoms with Crippen molar-refractivity contribution in [3.63, 3.8) is 0 Å². The van der Waals surface area contributed by atoms with Gasteiger partial charge in [-0.3, -0.25) is 4.68 Å². The molecular formula is C13H20ClN3. The van der Waals surface area contributed by atoms with E-state index in [9.17, 15) is 0 Å². The van der Waals surface area contributed by atoms with Crippen LogP contribution in [-0.4, -0.2) is 21.2 Å². The van der Waals surface area contributed by atoms with E-state index in [1.165, 1.54) is 38.5 Å². The summed E-state index contributed by atoms with van der Waals surface area (Å²) in [7, 11) is 0. The van der Waals surface area contributed by atoms with E-state index in [1.807, 2.05) is 0 Å². The van der Waals surface area contributed by atoms with Crippen LogP contribution in [0.3, 0.4) is 0 Å². The lowest BCUT2D eigenvalue weighted by atomic mass is 10.3. The van der Waals surface area contributed by atoms with Gasteiger partial charge in [-0.15, -0.1) is 11.6 Å². The lowest BCUT2D eigenvalue weighted by Crippen LogP contribution is -2.32. The minimum Gasteiger partial charge on any atom is -0.304 e. The number of rotatable bonds is 5. The average molecular weight is 254 g/mol. The molecule has 0 aromatic carbocycles. The number of halogens is 1. The molecule has 94 valence electrons. The summed E-state index contributed by atoms with van der Waals surface area (Å²) in [6.45, 7) is 0.854. The van der Waals surface area contributed by atoms with Crippen molar-refractivity contribution in [2.75, 3.05) is 5.88 Å². The van der Waals surface area contributed by atoms with Gasteiger partial charge in [-0.1, -0.05) is 12.8 Å². The van der Waals surface area contributed by atoms with Gasteiger partial charge >= 0.3 is 0 Å². The fourth-order valence-electron chi connectivity index (χ4n) is 2.63. The smallest absolute Gasteiger partial charge is 0.0762 e. The molecule has 2 aliphatic carbocycles. The second kappa shape index (κ2) is 4.62. The van der Waals surface area contributed by atoms with Crippen molar-refractivity contribution in [3.05, 3.63) is 18.0 Å². The lowest BCUT2D eigenvalue weighted by molar-refractivity contribution is 0.456. The molecule has 0 amide bonds. The molecule has 1 N–H and O–H groups in total. The van der Waals surface area contributed by atoms with Gasteiger partial charge in [0.2, 0.25) is 0 Å². The Morgan fingerprint density at radius 1 is 1.41 bits per heavy atom. The van der Waals surface area contributed by atoms with Gasteiger partial charge in [-0.25, -0.2) is 0 Å². The summed E-state index contributed by atoms with van der Waals surface area (Å²) in [5, 5.41) is 8.20. The molecule has 2 fully saturated rings. The Bertz CT molecular complexity index is 378. The van der Waals surface area contributed by atoms with E-state index in [2.05, 4.69) is 27.4 Å². The number of nitrogens with zero attached hydrogens (tertiary/aromatic N) is 2. The van der Waals surface area contributed by atoms with E-state index in [4.69, 9.17) is 11.6 Å². The lowest BCUT2D eigenvalue weighted by Gasteiger charge is -2.12. The average Bonchev–Trinajstić information content (AvgIpc) is 2.81. The third kappa shape index (κ3) is 2.50. The van der Waals surface area contributed by atoms with E-state index in [-0.39, 0.29) is 5.54 Å². The van der Waals surface area contributed by atoms with Crippen LogP contribution in [0.4, 0.5) is 0 Å². The van der Waals surface area contributed by atoms with Crippen LogP contribution in [0.2, 0.25) is 0 Å². The highest BCUT2D eigenvalue weighted by atomic mass is 35.5. The fraction of sp³-hybridized carbons (Fsp3) is 0.769. The van der Waals surface area contributed by atoms with Crippen molar-refractivity contribution in [3.8, 4) is 0 Å². The van der Waals surface area contributed by atoms with Gasteiger partial charge in [0.25, 0.3) is 0 Å². The van der Waals surface area contributed by atoms with E-state index in [1.54, 1.807) is 0 Å². The molecule has 1 heterocycles. The van der Waals surface area contributed by atoms with Crippen molar-refractivity contribution in [2.24, 2.45) is 0 Å². The topological polar surface area (TPSA) is 29.9 Å². The van der Waals surface area contributed by atoms with Crippen LogP contribution < -0.4 is 5.32 Å². The Kier molecular flexibility index (Phi) is 3.14. The molecule has 0 spiro atoms. The van der Waals surface area contributed by atoms with Gasteiger partial charge in [-0.05, 0) is 31.7 Å². The van der Waals surface area contributed by atoms with Crippen LogP contribution >= 0.6 is 11.6 Å². The van der Waals surface area contributed by atoms with Gasteiger partial charge in [-0.2, -0.15) is 5.10 Å².